The van der Waals surface area contributed by atoms with E-state index >= 15 is 0 Å². The van der Waals surface area contributed by atoms with Crippen molar-refractivity contribution in [2.45, 2.75) is 29.1 Å². The standard InChI is InChI=1S/C20H21ClN2O3S/c1-26-15-5-7-16(8-6-15)27-18-9-4-14(13-17(18)21)22-19(24)10-12-23-11-2-3-20(23)25/h4-9,13H,2-3,10-12H2,1H3,(H,22,24). The molecule has 0 aliphatic carbocycles. The Bertz CT molecular complexity index is 826. The van der Waals surface area contributed by atoms with Crippen molar-refractivity contribution in [1.82, 2.24) is 4.90 Å². The first-order valence-corrected chi connectivity index (χ1v) is 9.93. The second kappa shape index (κ2) is 9.15. The average Bonchev–Trinajstić information content (AvgIpc) is 3.08. The molecule has 27 heavy (non-hydrogen) atoms. The van der Waals surface area contributed by atoms with Gasteiger partial charge >= 0.3 is 0 Å². The maximum atomic E-state index is 12.1. The summed E-state index contributed by atoms with van der Waals surface area (Å²) in [6.07, 6.45) is 1.75. The highest BCUT2D eigenvalue weighted by molar-refractivity contribution is 7.99. The fraction of sp³-hybridized carbons (Fsp3) is 0.300. The van der Waals surface area contributed by atoms with Gasteiger partial charge in [-0.05, 0) is 48.9 Å². The van der Waals surface area contributed by atoms with Gasteiger partial charge in [-0.2, -0.15) is 0 Å². The fourth-order valence-electron chi connectivity index (χ4n) is 2.83. The average molecular weight is 405 g/mol. The number of hydrogen-bond donors (Lipinski definition) is 1. The Labute approximate surface area is 168 Å². The highest BCUT2D eigenvalue weighted by atomic mass is 35.5. The van der Waals surface area contributed by atoms with Crippen LogP contribution in [0.4, 0.5) is 5.69 Å². The lowest BCUT2D eigenvalue weighted by Gasteiger charge is -2.15. The number of amides is 2. The molecule has 1 fully saturated rings. The predicted octanol–water partition coefficient (Wildman–Crippen LogP) is 4.45. The van der Waals surface area contributed by atoms with Crippen LogP contribution in [-0.4, -0.2) is 36.9 Å². The van der Waals surface area contributed by atoms with Crippen molar-refractivity contribution < 1.29 is 14.3 Å². The van der Waals surface area contributed by atoms with Crippen molar-refractivity contribution in [2.24, 2.45) is 0 Å². The zero-order valence-corrected chi connectivity index (χ0v) is 16.6. The van der Waals surface area contributed by atoms with Gasteiger partial charge in [-0.15, -0.1) is 0 Å². The molecule has 142 valence electrons. The van der Waals surface area contributed by atoms with E-state index < -0.39 is 0 Å². The first-order chi connectivity index (χ1) is 13.0. The summed E-state index contributed by atoms with van der Waals surface area (Å²) in [5, 5.41) is 3.41. The van der Waals surface area contributed by atoms with Gasteiger partial charge in [0.2, 0.25) is 11.8 Å². The number of benzene rings is 2. The summed E-state index contributed by atoms with van der Waals surface area (Å²) in [4.78, 5) is 27.4. The monoisotopic (exact) mass is 404 g/mol. The van der Waals surface area contributed by atoms with E-state index in [4.69, 9.17) is 16.3 Å². The van der Waals surface area contributed by atoms with Crippen LogP contribution in [0.2, 0.25) is 5.02 Å². The molecule has 0 saturated carbocycles. The first kappa shape index (κ1) is 19.6. The molecular formula is C20H21ClN2O3S. The number of likely N-dealkylation sites (tertiary alicyclic amines) is 1. The topological polar surface area (TPSA) is 58.6 Å². The van der Waals surface area contributed by atoms with Gasteiger partial charge in [0.1, 0.15) is 5.75 Å². The lowest BCUT2D eigenvalue weighted by atomic mass is 10.3. The van der Waals surface area contributed by atoms with Crippen molar-refractivity contribution in [2.75, 3.05) is 25.5 Å². The number of nitrogens with zero attached hydrogens (tertiary/aromatic N) is 1. The Balaban J connectivity index is 1.55. The van der Waals surface area contributed by atoms with E-state index in [9.17, 15) is 9.59 Å². The Hall–Kier alpha value is -2.18. The number of anilines is 1. The zero-order chi connectivity index (χ0) is 19.2. The van der Waals surface area contributed by atoms with E-state index in [1.54, 1.807) is 29.8 Å². The van der Waals surface area contributed by atoms with Crippen molar-refractivity contribution in [3.63, 3.8) is 0 Å². The van der Waals surface area contributed by atoms with Crippen LogP contribution in [0.15, 0.2) is 52.3 Å². The summed E-state index contributed by atoms with van der Waals surface area (Å²) >= 11 is 7.92. The summed E-state index contributed by atoms with van der Waals surface area (Å²) in [6, 6.07) is 13.2. The molecule has 2 aromatic carbocycles. The van der Waals surface area contributed by atoms with Gasteiger partial charge in [0.05, 0.1) is 12.1 Å². The van der Waals surface area contributed by atoms with Crippen LogP contribution in [0.3, 0.4) is 0 Å². The minimum absolute atomic E-state index is 0.124. The smallest absolute Gasteiger partial charge is 0.226 e. The number of rotatable bonds is 7. The van der Waals surface area contributed by atoms with Gasteiger partial charge in [-0.3, -0.25) is 9.59 Å². The second-order valence-electron chi connectivity index (χ2n) is 6.21. The summed E-state index contributed by atoms with van der Waals surface area (Å²) in [5.41, 5.74) is 0.650. The molecule has 1 N–H and O–H groups in total. The third-order valence-corrected chi connectivity index (χ3v) is 5.79. The third kappa shape index (κ3) is 5.40. The highest BCUT2D eigenvalue weighted by Crippen LogP contribution is 2.35. The summed E-state index contributed by atoms with van der Waals surface area (Å²) in [5.74, 6) is 0.811. The van der Waals surface area contributed by atoms with E-state index in [2.05, 4.69) is 5.32 Å². The molecule has 2 aromatic rings. The largest absolute Gasteiger partial charge is 0.497 e. The van der Waals surface area contributed by atoms with E-state index in [0.29, 0.717) is 23.7 Å². The molecule has 1 aliphatic rings. The number of nitrogens with one attached hydrogen (secondary N) is 1. The van der Waals surface area contributed by atoms with Gasteiger partial charge in [-0.25, -0.2) is 0 Å². The first-order valence-electron chi connectivity index (χ1n) is 8.74. The Morgan fingerprint density at radius 1 is 1.26 bits per heavy atom. The van der Waals surface area contributed by atoms with Crippen molar-refractivity contribution in [3.05, 3.63) is 47.5 Å². The molecule has 0 aromatic heterocycles. The van der Waals surface area contributed by atoms with Gasteiger partial charge in [-0.1, -0.05) is 23.4 Å². The van der Waals surface area contributed by atoms with Crippen molar-refractivity contribution in [1.29, 1.82) is 0 Å². The Morgan fingerprint density at radius 3 is 2.67 bits per heavy atom. The third-order valence-electron chi connectivity index (χ3n) is 4.28. The van der Waals surface area contributed by atoms with E-state index in [1.165, 1.54) is 0 Å². The molecule has 0 atom stereocenters. The molecule has 5 nitrogen and oxygen atoms in total. The molecule has 7 heteroatoms. The Kier molecular flexibility index (Phi) is 6.63. The second-order valence-corrected chi connectivity index (χ2v) is 7.73. The van der Waals surface area contributed by atoms with Gasteiger partial charge in [0.25, 0.3) is 0 Å². The molecule has 0 unspecified atom stereocenters. The molecular weight excluding hydrogens is 384 g/mol. The molecule has 3 rings (SSSR count). The molecule has 1 heterocycles. The van der Waals surface area contributed by atoms with Gasteiger partial charge < -0.3 is 15.0 Å². The van der Waals surface area contributed by atoms with E-state index in [0.717, 1.165) is 28.5 Å². The SMILES string of the molecule is COc1ccc(Sc2ccc(NC(=O)CCN3CCCC3=O)cc2Cl)cc1. The summed E-state index contributed by atoms with van der Waals surface area (Å²) in [7, 11) is 1.63. The number of carbonyl (C=O) groups excluding carboxylic acids is 2. The molecule has 0 bridgehead atoms. The van der Waals surface area contributed by atoms with Crippen molar-refractivity contribution >= 4 is 40.9 Å². The zero-order valence-electron chi connectivity index (χ0n) is 15.0. The van der Waals surface area contributed by atoms with Gasteiger partial charge in [0, 0.05) is 41.4 Å². The number of methoxy groups -OCH3 is 1. The van der Waals surface area contributed by atoms with Crippen LogP contribution in [0, 0.1) is 0 Å². The minimum atomic E-state index is -0.124. The number of ether oxygens (including phenoxy) is 1. The number of halogens is 1. The van der Waals surface area contributed by atoms with Crippen LogP contribution in [0.5, 0.6) is 5.75 Å². The van der Waals surface area contributed by atoms with Crippen LogP contribution < -0.4 is 10.1 Å². The lowest BCUT2D eigenvalue weighted by Crippen LogP contribution is -2.28. The maximum absolute atomic E-state index is 12.1. The maximum Gasteiger partial charge on any atom is 0.226 e. The Morgan fingerprint density at radius 2 is 2.04 bits per heavy atom. The van der Waals surface area contributed by atoms with Crippen LogP contribution in [0.25, 0.3) is 0 Å². The van der Waals surface area contributed by atoms with Crippen LogP contribution in [-0.2, 0) is 9.59 Å². The van der Waals surface area contributed by atoms with E-state index in [-0.39, 0.29) is 18.2 Å². The van der Waals surface area contributed by atoms with Crippen molar-refractivity contribution in [3.8, 4) is 5.75 Å². The quantitative estimate of drug-likeness (QED) is 0.740. The fourth-order valence-corrected chi connectivity index (χ4v) is 3.95. The highest BCUT2D eigenvalue weighted by Gasteiger charge is 2.20. The van der Waals surface area contributed by atoms with Gasteiger partial charge in [0.15, 0.2) is 0 Å². The van der Waals surface area contributed by atoms with Crippen LogP contribution >= 0.6 is 23.4 Å². The molecule has 0 spiro atoms. The molecule has 1 aliphatic heterocycles. The minimum Gasteiger partial charge on any atom is -0.497 e. The number of hydrogen-bond acceptors (Lipinski definition) is 4. The summed E-state index contributed by atoms with van der Waals surface area (Å²) < 4.78 is 5.16. The molecule has 1 saturated heterocycles. The number of carbonyl (C=O) groups is 2. The lowest BCUT2D eigenvalue weighted by molar-refractivity contribution is -0.128. The normalized spacial score (nSPS) is 13.7. The van der Waals surface area contributed by atoms with E-state index in [1.807, 2.05) is 36.4 Å². The molecule has 2 amide bonds. The summed E-state index contributed by atoms with van der Waals surface area (Å²) in [6.45, 7) is 1.21. The van der Waals surface area contributed by atoms with Crippen LogP contribution in [0.1, 0.15) is 19.3 Å². The predicted molar refractivity (Wildman–Crippen MR) is 108 cm³/mol. The molecule has 0 radical (unpaired) electrons.